The monoisotopic (exact) mass is 410 g/mol. The SMILES string of the molecule is COc1ccc([C@]23C[C@H](C4=C(O2)C(=O)c2ccccc2C4=O)c2ccccc2O3)cc1. The van der Waals surface area contributed by atoms with E-state index >= 15 is 0 Å². The Labute approximate surface area is 178 Å². The number of methoxy groups -OCH3 is 1. The predicted octanol–water partition coefficient (Wildman–Crippen LogP) is 4.78. The van der Waals surface area contributed by atoms with Crippen molar-refractivity contribution in [3.63, 3.8) is 0 Å². The van der Waals surface area contributed by atoms with Crippen LogP contribution in [0.15, 0.2) is 84.1 Å². The topological polar surface area (TPSA) is 61.8 Å². The number of para-hydroxylation sites is 1. The molecule has 3 aromatic carbocycles. The van der Waals surface area contributed by atoms with Crippen LogP contribution in [0.2, 0.25) is 0 Å². The average molecular weight is 410 g/mol. The summed E-state index contributed by atoms with van der Waals surface area (Å²) in [4.78, 5) is 26.9. The van der Waals surface area contributed by atoms with Crippen LogP contribution >= 0.6 is 0 Å². The molecule has 1 aliphatic carbocycles. The van der Waals surface area contributed by atoms with E-state index in [0.717, 1.165) is 11.1 Å². The minimum Gasteiger partial charge on any atom is -0.497 e. The van der Waals surface area contributed by atoms with E-state index in [1.807, 2.05) is 48.5 Å². The molecule has 0 N–H and O–H groups in total. The zero-order chi connectivity index (χ0) is 21.2. The van der Waals surface area contributed by atoms with Crippen molar-refractivity contribution >= 4 is 11.6 Å². The molecule has 3 aromatic rings. The van der Waals surface area contributed by atoms with Gasteiger partial charge in [0.05, 0.1) is 12.7 Å². The molecule has 5 heteroatoms. The largest absolute Gasteiger partial charge is 0.497 e. The molecule has 0 spiro atoms. The van der Waals surface area contributed by atoms with E-state index in [-0.39, 0.29) is 23.2 Å². The van der Waals surface area contributed by atoms with Gasteiger partial charge in [-0.1, -0.05) is 42.5 Å². The van der Waals surface area contributed by atoms with Gasteiger partial charge in [-0.05, 0) is 30.3 Å². The number of allylic oxidation sites excluding steroid dienone is 2. The van der Waals surface area contributed by atoms with Gasteiger partial charge in [0.25, 0.3) is 5.79 Å². The van der Waals surface area contributed by atoms with E-state index in [0.29, 0.717) is 34.6 Å². The molecule has 6 rings (SSSR count). The Morgan fingerprint density at radius 1 is 0.839 bits per heavy atom. The standard InChI is InChI=1S/C26H18O5/c1-29-16-12-10-15(11-13-16)26-14-20(17-6-4-5-9-21(17)30-26)22-23(27)18-7-2-3-8-19(18)24(28)25(22)31-26/h2-13,20H,14H2,1H3/t20-,26-/m0/s1. The van der Waals surface area contributed by atoms with Gasteiger partial charge in [0.2, 0.25) is 5.78 Å². The van der Waals surface area contributed by atoms with Crippen molar-refractivity contribution in [2.45, 2.75) is 18.1 Å². The molecule has 3 aliphatic rings. The van der Waals surface area contributed by atoms with Gasteiger partial charge in [0, 0.05) is 34.6 Å². The number of carbonyl (C=O) groups is 2. The zero-order valence-corrected chi connectivity index (χ0v) is 16.8. The molecule has 5 nitrogen and oxygen atoms in total. The van der Waals surface area contributed by atoms with Crippen LogP contribution in [0.3, 0.4) is 0 Å². The lowest BCUT2D eigenvalue weighted by Gasteiger charge is -2.47. The summed E-state index contributed by atoms with van der Waals surface area (Å²) in [5, 5.41) is 0. The maximum Gasteiger partial charge on any atom is 0.279 e. The molecule has 152 valence electrons. The summed E-state index contributed by atoms with van der Waals surface area (Å²) in [5.41, 5.74) is 2.87. The van der Waals surface area contributed by atoms with Gasteiger partial charge in [0.1, 0.15) is 11.5 Å². The van der Waals surface area contributed by atoms with Crippen molar-refractivity contribution in [3.8, 4) is 11.5 Å². The lowest BCUT2D eigenvalue weighted by Crippen LogP contribution is -2.47. The summed E-state index contributed by atoms with van der Waals surface area (Å²) in [7, 11) is 1.61. The Balaban J connectivity index is 1.58. The van der Waals surface area contributed by atoms with Crippen LogP contribution in [0.25, 0.3) is 0 Å². The highest BCUT2D eigenvalue weighted by atomic mass is 16.7. The van der Waals surface area contributed by atoms with Crippen LogP contribution in [0.4, 0.5) is 0 Å². The highest BCUT2D eigenvalue weighted by Gasteiger charge is 2.54. The van der Waals surface area contributed by atoms with Crippen molar-refractivity contribution in [2.24, 2.45) is 0 Å². The van der Waals surface area contributed by atoms with Gasteiger partial charge < -0.3 is 14.2 Å². The maximum absolute atomic E-state index is 13.5. The average Bonchev–Trinajstić information content (AvgIpc) is 2.82. The number of ketones is 2. The summed E-state index contributed by atoms with van der Waals surface area (Å²) < 4.78 is 18.0. The Hall–Kier alpha value is -3.86. The number of Topliss-reactive ketones (excluding diaryl/α,β-unsaturated/α-hetero) is 2. The summed E-state index contributed by atoms with van der Waals surface area (Å²) in [6, 6.07) is 21.9. The molecule has 0 saturated carbocycles. The first-order valence-electron chi connectivity index (χ1n) is 10.2. The summed E-state index contributed by atoms with van der Waals surface area (Å²) in [5.74, 6) is -0.495. The van der Waals surface area contributed by atoms with Gasteiger partial charge in [0.15, 0.2) is 11.5 Å². The van der Waals surface area contributed by atoms with Crippen LogP contribution in [-0.4, -0.2) is 18.7 Å². The number of fused-ring (bicyclic) bond motifs is 6. The van der Waals surface area contributed by atoms with Crippen molar-refractivity contribution in [2.75, 3.05) is 7.11 Å². The zero-order valence-electron chi connectivity index (χ0n) is 16.8. The third-order valence-corrected chi connectivity index (χ3v) is 6.30. The number of benzene rings is 3. The third-order valence-electron chi connectivity index (χ3n) is 6.30. The normalized spacial score (nSPS) is 23.2. The van der Waals surface area contributed by atoms with Crippen molar-refractivity contribution < 1.29 is 23.8 Å². The smallest absolute Gasteiger partial charge is 0.279 e. The van der Waals surface area contributed by atoms with E-state index in [1.165, 1.54) is 0 Å². The van der Waals surface area contributed by atoms with Crippen LogP contribution < -0.4 is 9.47 Å². The summed E-state index contributed by atoms with van der Waals surface area (Å²) in [6.45, 7) is 0. The van der Waals surface area contributed by atoms with Crippen LogP contribution in [0.1, 0.15) is 44.2 Å². The molecule has 2 bridgehead atoms. The number of rotatable bonds is 2. The summed E-state index contributed by atoms with van der Waals surface area (Å²) >= 11 is 0. The van der Waals surface area contributed by atoms with E-state index in [4.69, 9.17) is 14.2 Å². The first-order chi connectivity index (χ1) is 15.1. The number of hydrogen-bond donors (Lipinski definition) is 0. The lowest BCUT2D eigenvalue weighted by atomic mass is 9.72. The molecule has 0 radical (unpaired) electrons. The molecule has 0 fully saturated rings. The number of hydrogen-bond acceptors (Lipinski definition) is 5. The molecular formula is C26H18O5. The molecule has 0 amide bonds. The number of ether oxygens (including phenoxy) is 3. The lowest BCUT2D eigenvalue weighted by molar-refractivity contribution is -0.185. The first kappa shape index (κ1) is 18.0. The van der Waals surface area contributed by atoms with Gasteiger partial charge in [-0.15, -0.1) is 0 Å². The molecule has 2 atom stereocenters. The van der Waals surface area contributed by atoms with E-state index < -0.39 is 5.79 Å². The fourth-order valence-corrected chi connectivity index (χ4v) is 4.81. The van der Waals surface area contributed by atoms with Crippen molar-refractivity contribution in [1.29, 1.82) is 0 Å². The Kier molecular flexibility index (Phi) is 3.66. The molecule has 2 heterocycles. The molecular weight excluding hydrogens is 392 g/mol. The Bertz CT molecular complexity index is 1290. The maximum atomic E-state index is 13.5. The molecule has 31 heavy (non-hydrogen) atoms. The minimum absolute atomic E-state index is 0.0882. The second kappa shape index (κ2) is 6.32. The molecule has 2 aliphatic heterocycles. The fourth-order valence-electron chi connectivity index (χ4n) is 4.81. The highest BCUT2D eigenvalue weighted by Crippen LogP contribution is 2.55. The van der Waals surface area contributed by atoms with E-state index in [1.54, 1.807) is 31.4 Å². The van der Waals surface area contributed by atoms with E-state index in [9.17, 15) is 9.59 Å². The van der Waals surface area contributed by atoms with Gasteiger partial charge in [-0.3, -0.25) is 9.59 Å². The second-order valence-corrected chi connectivity index (χ2v) is 7.93. The van der Waals surface area contributed by atoms with Gasteiger partial charge in [-0.2, -0.15) is 0 Å². The van der Waals surface area contributed by atoms with Gasteiger partial charge in [-0.25, -0.2) is 0 Å². The van der Waals surface area contributed by atoms with Gasteiger partial charge >= 0.3 is 0 Å². The Morgan fingerprint density at radius 3 is 2.26 bits per heavy atom. The second-order valence-electron chi connectivity index (χ2n) is 7.93. The fraction of sp³-hybridized carbons (Fsp3) is 0.154. The van der Waals surface area contributed by atoms with Crippen LogP contribution in [-0.2, 0) is 10.5 Å². The predicted molar refractivity (Wildman–Crippen MR) is 112 cm³/mol. The quantitative estimate of drug-likeness (QED) is 0.609. The van der Waals surface area contributed by atoms with Crippen LogP contribution in [0, 0.1) is 0 Å². The molecule has 0 aromatic heterocycles. The summed E-state index contributed by atoms with van der Waals surface area (Å²) in [6.07, 6.45) is 0.399. The molecule has 0 saturated heterocycles. The van der Waals surface area contributed by atoms with E-state index in [2.05, 4.69) is 0 Å². The molecule has 0 unspecified atom stereocenters. The number of carbonyl (C=O) groups excluding carboxylic acids is 2. The van der Waals surface area contributed by atoms with Crippen molar-refractivity contribution in [3.05, 3.63) is 106 Å². The van der Waals surface area contributed by atoms with Crippen molar-refractivity contribution in [1.82, 2.24) is 0 Å². The van der Waals surface area contributed by atoms with Crippen LogP contribution in [0.5, 0.6) is 11.5 Å². The minimum atomic E-state index is -1.20. The Morgan fingerprint density at radius 2 is 1.52 bits per heavy atom. The highest BCUT2D eigenvalue weighted by molar-refractivity contribution is 6.26. The first-order valence-corrected chi connectivity index (χ1v) is 10.2. The third kappa shape index (κ3) is 2.43.